The molecule has 1 amide bonds. The molecule has 4 rings (SSSR count). The van der Waals surface area contributed by atoms with Crippen molar-refractivity contribution in [3.05, 3.63) is 59.1 Å². The van der Waals surface area contributed by atoms with E-state index in [1.165, 1.54) is 29.3 Å². The van der Waals surface area contributed by atoms with Gasteiger partial charge in [0, 0.05) is 48.5 Å². The number of nitrogens with one attached hydrogen (secondary N) is 1. The summed E-state index contributed by atoms with van der Waals surface area (Å²) in [5.74, 6) is -0.301. The van der Waals surface area contributed by atoms with Crippen LogP contribution < -0.4 is 10.2 Å². The first kappa shape index (κ1) is 23.1. The predicted octanol–water partition coefficient (Wildman–Crippen LogP) is 4.51. The third-order valence-electron chi connectivity index (χ3n) is 6.31. The lowest BCUT2D eigenvalue weighted by Gasteiger charge is -2.31. The molecule has 6 nitrogen and oxygen atoms in total. The number of piperidine rings is 2. The van der Waals surface area contributed by atoms with Gasteiger partial charge in [-0.2, -0.15) is 0 Å². The van der Waals surface area contributed by atoms with Gasteiger partial charge in [-0.15, -0.1) is 0 Å². The average molecular weight is 476 g/mol. The number of hydrogen-bond acceptors (Lipinski definition) is 4. The fraction of sp³-hybridized carbons (Fsp3) is 0.458. The predicted molar refractivity (Wildman–Crippen MR) is 130 cm³/mol. The van der Waals surface area contributed by atoms with E-state index in [9.17, 15) is 13.2 Å². The summed E-state index contributed by atoms with van der Waals surface area (Å²) in [6, 6.07) is 14.9. The Balaban J connectivity index is 1.28. The van der Waals surface area contributed by atoms with E-state index in [0.29, 0.717) is 36.5 Å². The minimum atomic E-state index is -3.44. The number of rotatable bonds is 6. The van der Waals surface area contributed by atoms with E-state index in [2.05, 4.69) is 22.3 Å². The second-order valence-corrected chi connectivity index (χ2v) is 11.0. The molecule has 0 radical (unpaired) electrons. The lowest BCUT2D eigenvalue weighted by Crippen LogP contribution is -2.41. The molecule has 2 fully saturated rings. The van der Waals surface area contributed by atoms with Gasteiger partial charge in [0.05, 0.1) is 5.75 Å². The molecular weight excluding hydrogens is 446 g/mol. The van der Waals surface area contributed by atoms with E-state index in [0.717, 1.165) is 18.8 Å². The number of nitrogens with zero attached hydrogens (tertiary/aromatic N) is 2. The highest BCUT2D eigenvalue weighted by atomic mass is 35.5. The number of anilines is 2. The summed E-state index contributed by atoms with van der Waals surface area (Å²) in [4.78, 5) is 15.1. The summed E-state index contributed by atoms with van der Waals surface area (Å²) in [5, 5.41) is 3.53. The van der Waals surface area contributed by atoms with E-state index >= 15 is 0 Å². The molecule has 2 saturated heterocycles. The van der Waals surface area contributed by atoms with Crippen LogP contribution in [0.15, 0.2) is 48.5 Å². The zero-order valence-corrected chi connectivity index (χ0v) is 19.7. The van der Waals surface area contributed by atoms with E-state index in [-0.39, 0.29) is 17.6 Å². The van der Waals surface area contributed by atoms with Crippen molar-refractivity contribution in [2.24, 2.45) is 5.92 Å². The van der Waals surface area contributed by atoms with Crippen molar-refractivity contribution < 1.29 is 13.2 Å². The molecule has 0 aromatic heterocycles. The lowest BCUT2D eigenvalue weighted by molar-refractivity contribution is -0.120. The van der Waals surface area contributed by atoms with E-state index < -0.39 is 10.0 Å². The standard InChI is InChI=1S/C24H30ClN3O3S/c25-21-6-4-5-19(17-21)18-32(30,31)28-15-11-20(12-16-28)24(29)26-22-7-9-23(10-8-22)27-13-2-1-3-14-27/h4-10,17,20H,1-3,11-16,18H2,(H,26,29). The SMILES string of the molecule is O=C(Nc1ccc(N2CCCCC2)cc1)C1CCN(S(=O)(=O)Cc2cccc(Cl)c2)CC1. The highest BCUT2D eigenvalue weighted by Gasteiger charge is 2.31. The maximum atomic E-state index is 12.8. The zero-order chi connectivity index (χ0) is 22.6. The molecule has 0 saturated carbocycles. The molecule has 2 aromatic rings. The van der Waals surface area contributed by atoms with Gasteiger partial charge in [-0.1, -0.05) is 23.7 Å². The maximum Gasteiger partial charge on any atom is 0.227 e. The van der Waals surface area contributed by atoms with Crippen LogP contribution in [0.25, 0.3) is 0 Å². The maximum absolute atomic E-state index is 12.8. The highest BCUT2D eigenvalue weighted by molar-refractivity contribution is 7.88. The van der Waals surface area contributed by atoms with Crippen LogP contribution in [-0.4, -0.2) is 44.8 Å². The van der Waals surface area contributed by atoms with E-state index in [1.54, 1.807) is 24.3 Å². The number of carbonyl (C=O) groups excluding carboxylic acids is 1. The van der Waals surface area contributed by atoms with Gasteiger partial charge in [-0.05, 0) is 74.1 Å². The molecule has 2 heterocycles. The van der Waals surface area contributed by atoms with Crippen molar-refractivity contribution in [1.82, 2.24) is 4.31 Å². The first-order valence-corrected chi connectivity index (χ1v) is 13.3. The molecule has 2 aromatic carbocycles. The van der Waals surface area contributed by atoms with Crippen LogP contribution in [0, 0.1) is 5.92 Å². The Labute approximate surface area is 195 Å². The first-order chi connectivity index (χ1) is 15.4. The van der Waals surface area contributed by atoms with E-state index in [4.69, 9.17) is 11.6 Å². The number of hydrogen-bond donors (Lipinski definition) is 1. The van der Waals surface area contributed by atoms with Crippen molar-refractivity contribution in [3.8, 4) is 0 Å². The molecule has 8 heteroatoms. The van der Waals surface area contributed by atoms with Gasteiger partial charge < -0.3 is 10.2 Å². The Morgan fingerprint density at radius 2 is 1.66 bits per heavy atom. The minimum absolute atomic E-state index is 0.0392. The second kappa shape index (κ2) is 10.2. The molecule has 2 aliphatic heterocycles. The van der Waals surface area contributed by atoms with Crippen molar-refractivity contribution in [1.29, 1.82) is 0 Å². The summed E-state index contributed by atoms with van der Waals surface area (Å²) < 4.78 is 27.0. The van der Waals surface area contributed by atoms with Crippen LogP contribution in [0.5, 0.6) is 0 Å². The molecule has 172 valence electrons. The van der Waals surface area contributed by atoms with Crippen LogP contribution in [0.4, 0.5) is 11.4 Å². The first-order valence-electron chi connectivity index (χ1n) is 11.3. The van der Waals surface area contributed by atoms with Crippen LogP contribution in [0.1, 0.15) is 37.7 Å². The van der Waals surface area contributed by atoms with Crippen LogP contribution in [0.3, 0.4) is 0 Å². The number of halogens is 1. The summed E-state index contributed by atoms with van der Waals surface area (Å²) in [5.41, 5.74) is 2.65. The number of benzene rings is 2. The molecule has 1 N–H and O–H groups in total. The highest BCUT2D eigenvalue weighted by Crippen LogP contribution is 2.25. The normalized spacial score (nSPS) is 18.5. The minimum Gasteiger partial charge on any atom is -0.372 e. The van der Waals surface area contributed by atoms with Gasteiger partial charge in [0.2, 0.25) is 15.9 Å². The Morgan fingerprint density at radius 1 is 0.969 bits per heavy atom. The van der Waals surface area contributed by atoms with Gasteiger partial charge in [0.1, 0.15) is 0 Å². The van der Waals surface area contributed by atoms with Crippen molar-refractivity contribution in [3.63, 3.8) is 0 Å². The van der Waals surface area contributed by atoms with Gasteiger partial charge in [0.25, 0.3) is 0 Å². The smallest absolute Gasteiger partial charge is 0.227 e. The fourth-order valence-corrected chi connectivity index (χ4v) is 6.24. The average Bonchev–Trinajstić information content (AvgIpc) is 2.80. The number of carbonyl (C=O) groups is 1. The van der Waals surface area contributed by atoms with Crippen LogP contribution in [-0.2, 0) is 20.6 Å². The lowest BCUT2D eigenvalue weighted by atomic mass is 9.97. The third-order valence-corrected chi connectivity index (χ3v) is 8.40. The topological polar surface area (TPSA) is 69.7 Å². The summed E-state index contributed by atoms with van der Waals surface area (Å²) >= 11 is 5.97. The fourth-order valence-electron chi connectivity index (χ4n) is 4.48. The zero-order valence-electron chi connectivity index (χ0n) is 18.2. The molecule has 0 unspecified atom stereocenters. The van der Waals surface area contributed by atoms with Gasteiger partial charge in [0.15, 0.2) is 0 Å². The molecule has 0 atom stereocenters. The number of amides is 1. The van der Waals surface area contributed by atoms with Crippen LogP contribution >= 0.6 is 11.6 Å². The van der Waals surface area contributed by atoms with E-state index in [1.807, 2.05) is 12.1 Å². The Bertz CT molecular complexity index is 1030. The number of sulfonamides is 1. The van der Waals surface area contributed by atoms with Gasteiger partial charge in [-0.25, -0.2) is 12.7 Å². The molecule has 0 bridgehead atoms. The largest absolute Gasteiger partial charge is 0.372 e. The Morgan fingerprint density at radius 3 is 2.31 bits per heavy atom. The third kappa shape index (κ3) is 5.82. The van der Waals surface area contributed by atoms with Crippen LogP contribution in [0.2, 0.25) is 5.02 Å². The van der Waals surface area contributed by atoms with Gasteiger partial charge in [-0.3, -0.25) is 4.79 Å². The molecule has 32 heavy (non-hydrogen) atoms. The van der Waals surface area contributed by atoms with Crippen molar-refractivity contribution >= 4 is 38.9 Å². The van der Waals surface area contributed by atoms with Gasteiger partial charge >= 0.3 is 0 Å². The second-order valence-electron chi connectivity index (χ2n) is 8.64. The van der Waals surface area contributed by atoms with Crippen molar-refractivity contribution in [2.75, 3.05) is 36.4 Å². The Kier molecular flexibility index (Phi) is 7.38. The molecule has 0 spiro atoms. The monoisotopic (exact) mass is 475 g/mol. The summed E-state index contributed by atoms with van der Waals surface area (Å²) in [6.07, 6.45) is 4.79. The summed E-state index contributed by atoms with van der Waals surface area (Å²) in [6.45, 7) is 2.89. The molecular formula is C24H30ClN3O3S. The quantitative estimate of drug-likeness (QED) is 0.667. The molecule has 0 aliphatic carbocycles. The van der Waals surface area contributed by atoms with Crippen molar-refractivity contribution in [2.45, 2.75) is 37.9 Å². The molecule has 2 aliphatic rings. The summed E-state index contributed by atoms with van der Waals surface area (Å²) in [7, 11) is -3.44. The Hall–Kier alpha value is -2.09.